The molecule has 0 unspecified atom stereocenters. The van der Waals surface area contributed by atoms with Crippen LogP contribution >= 0.6 is 11.3 Å². The van der Waals surface area contributed by atoms with E-state index in [2.05, 4.69) is 5.32 Å². The predicted octanol–water partition coefficient (Wildman–Crippen LogP) is 5.24. The topological polar surface area (TPSA) is 55.4 Å². The van der Waals surface area contributed by atoms with E-state index in [4.69, 9.17) is 4.74 Å². The number of benzene rings is 2. The van der Waals surface area contributed by atoms with Gasteiger partial charge in [-0.3, -0.25) is 4.79 Å². The van der Waals surface area contributed by atoms with Gasteiger partial charge in [-0.25, -0.2) is 4.79 Å². The summed E-state index contributed by atoms with van der Waals surface area (Å²) in [5.41, 5.74) is 2.36. The Balaban J connectivity index is 1.84. The maximum atomic E-state index is 12.3. The Bertz CT molecular complexity index is 946. The van der Waals surface area contributed by atoms with Crippen molar-refractivity contribution in [3.8, 4) is 10.4 Å². The first kappa shape index (κ1) is 18.6. The summed E-state index contributed by atoms with van der Waals surface area (Å²) in [7, 11) is 0. The average Bonchev–Trinajstić information content (AvgIpc) is 3.12. The van der Waals surface area contributed by atoms with E-state index < -0.39 is 5.97 Å². The molecule has 0 aliphatic rings. The van der Waals surface area contributed by atoms with Gasteiger partial charge in [0.15, 0.2) is 0 Å². The molecule has 1 N–H and O–H groups in total. The van der Waals surface area contributed by atoms with Crippen LogP contribution in [0, 0.1) is 0 Å². The molecule has 1 amide bonds. The molecule has 1 heterocycles. The van der Waals surface area contributed by atoms with Gasteiger partial charge in [0.2, 0.25) is 5.91 Å². The predicted molar refractivity (Wildman–Crippen MR) is 110 cm³/mol. The standard InChI is InChI=1S/C22H19NO3S/c1-2-26-22(25)21-18(15-19(27-21)17-11-7-4-8-12-17)23-20(24)14-13-16-9-5-3-6-10-16/h3-15H,2H2,1H3,(H,23,24). The number of esters is 1. The van der Waals surface area contributed by atoms with Crippen molar-refractivity contribution in [3.63, 3.8) is 0 Å². The summed E-state index contributed by atoms with van der Waals surface area (Å²) in [5.74, 6) is -0.742. The van der Waals surface area contributed by atoms with E-state index in [-0.39, 0.29) is 12.5 Å². The lowest BCUT2D eigenvalue weighted by molar-refractivity contribution is -0.111. The summed E-state index contributed by atoms with van der Waals surface area (Å²) in [5, 5.41) is 2.79. The fourth-order valence-corrected chi connectivity index (χ4v) is 3.50. The van der Waals surface area contributed by atoms with Gasteiger partial charge in [0.05, 0.1) is 12.3 Å². The number of anilines is 1. The highest BCUT2D eigenvalue weighted by molar-refractivity contribution is 7.18. The molecule has 5 heteroatoms. The zero-order chi connectivity index (χ0) is 19.1. The molecule has 3 rings (SSSR count). The molecule has 0 spiro atoms. The van der Waals surface area contributed by atoms with Crippen LogP contribution in [-0.4, -0.2) is 18.5 Å². The van der Waals surface area contributed by atoms with Gasteiger partial charge in [0.1, 0.15) is 4.88 Å². The van der Waals surface area contributed by atoms with Crippen LogP contribution < -0.4 is 5.32 Å². The largest absolute Gasteiger partial charge is 0.462 e. The van der Waals surface area contributed by atoms with Gasteiger partial charge in [0.25, 0.3) is 0 Å². The van der Waals surface area contributed by atoms with Crippen molar-refractivity contribution in [2.75, 3.05) is 11.9 Å². The molecule has 0 saturated carbocycles. The van der Waals surface area contributed by atoms with Crippen molar-refractivity contribution in [2.24, 2.45) is 0 Å². The van der Waals surface area contributed by atoms with E-state index in [1.165, 1.54) is 17.4 Å². The van der Waals surface area contributed by atoms with E-state index in [0.29, 0.717) is 10.6 Å². The fraction of sp³-hybridized carbons (Fsp3) is 0.0909. The number of nitrogens with one attached hydrogen (secondary N) is 1. The van der Waals surface area contributed by atoms with E-state index >= 15 is 0 Å². The van der Waals surface area contributed by atoms with Crippen molar-refractivity contribution in [2.45, 2.75) is 6.92 Å². The molecule has 2 aromatic carbocycles. The molecular weight excluding hydrogens is 358 g/mol. The van der Waals surface area contributed by atoms with Gasteiger partial charge >= 0.3 is 5.97 Å². The lowest BCUT2D eigenvalue weighted by Crippen LogP contribution is -2.11. The molecule has 0 fully saturated rings. The number of hydrogen-bond donors (Lipinski definition) is 1. The van der Waals surface area contributed by atoms with E-state index in [0.717, 1.165) is 16.0 Å². The first-order valence-corrected chi connectivity index (χ1v) is 9.39. The van der Waals surface area contributed by atoms with E-state index in [1.54, 1.807) is 19.1 Å². The van der Waals surface area contributed by atoms with Crippen molar-refractivity contribution >= 4 is 35.0 Å². The van der Waals surface area contributed by atoms with Gasteiger partial charge in [-0.1, -0.05) is 60.7 Å². The van der Waals surface area contributed by atoms with Crippen molar-refractivity contribution in [1.82, 2.24) is 0 Å². The monoisotopic (exact) mass is 377 g/mol. The second-order valence-corrected chi connectivity index (χ2v) is 6.73. The number of amides is 1. The summed E-state index contributed by atoms with van der Waals surface area (Å²) in [6, 6.07) is 21.1. The van der Waals surface area contributed by atoms with E-state index in [9.17, 15) is 9.59 Å². The summed E-state index contributed by atoms with van der Waals surface area (Å²) in [4.78, 5) is 25.9. The van der Waals surface area contributed by atoms with Crippen LogP contribution in [-0.2, 0) is 9.53 Å². The molecule has 0 bridgehead atoms. The van der Waals surface area contributed by atoms with E-state index in [1.807, 2.05) is 60.7 Å². The summed E-state index contributed by atoms with van der Waals surface area (Å²) < 4.78 is 5.13. The zero-order valence-corrected chi connectivity index (χ0v) is 15.7. The zero-order valence-electron chi connectivity index (χ0n) is 14.8. The summed E-state index contributed by atoms with van der Waals surface area (Å²) in [6.45, 7) is 2.03. The van der Waals surface area contributed by atoms with Gasteiger partial charge < -0.3 is 10.1 Å². The molecular formula is C22H19NO3S. The summed E-state index contributed by atoms with van der Waals surface area (Å²) in [6.07, 6.45) is 3.17. The highest BCUT2D eigenvalue weighted by Crippen LogP contribution is 2.35. The van der Waals surface area contributed by atoms with Crippen LogP contribution in [0.3, 0.4) is 0 Å². The third kappa shape index (κ3) is 4.92. The molecule has 1 aromatic heterocycles. The SMILES string of the molecule is CCOC(=O)c1sc(-c2ccccc2)cc1NC(=O)C=Cc1ccccc1. The van der Waals surface area contributed by atoms with Crippen LogP contribution in [0.4, 0.5) is 5.69 Å². The smallest absolute Gasteiger partial charge is 0.350 e. The number of carbonyl (C=O) groups is 2. The van der Waals surface area contributed by atoms with Gasteiger partial charge in [-0.15, -0.1) is 11.3 Å². The number of rotatable bonds is 6. The third-order valence-electron chi connectivity index (χ3n) is 3.74. The highest BCUT2D eigenvalue weighted by Gasteiger charge is 2.19. The molecule has 0 atom stereocenters. The number of hydrogen-bond acceptors (Lipinski definition) is 4. The molecule has 27 heavy (non-hydrogen) atoms. The lowest BCUT2D eigenvalue weighted by atomic mass is 10.2. The Labute approximate surface area is 162 Å². The Morgan fingerprint density at radius 3 is 2.37 bits per heavy atom. The van der Waals surface area contributed by atoms with Gasteiger partial charge in [-0.05, 0) is 30.2 Å². The molecule has 4 nitrogen and oxygen atoms in total. The van der Waals surface area contributed by atoms with Gasteiger partial charge in [-0.2, -0.15) is 0 Å². The third-order valence-corrected chi connectivity index (χ3v) is 4.90. The Morgan fingerprint density at radius 1 is 1.04 bits per heavy atom. The van der Waals surface area contributed by atoms with Crippen LogP contribution in [0.15, 0.2) is 72.8 Å². The number of thiophene rings is 1. The maximum Gasteiger partial charge on any atom is 0.350 e. The normalized spacial score (nSPS) is 10.7. The molecule has 0 aliphatic carbocycles. The molecule has 0 saturated heterocycles. The number of ether oxygens (including phenoxy) is 1. The van der Waals surface area contributed by atoms with Crippen molar-refractivity contribution < 1.29 is 14.3 Å². The Kier molecular flexibility index (Phi) is 6.18. The molecule has 0 radical (unpaired) electrons. The van der Waals surface area contributed by atoms with Crippen LogP contribution in [0.2, 0.25) is 0 Å². The van der Waals surface area contributed by atoms with Crippen molar-refractivity contribution in [3.05, 3.63) is 83.2 Å². The van der Waals surface area contributed by atoms with Crippen LogP contribution in [0.1, 0.15) is 22.2 Å². The fourth-order valence-electron chi connectivity index (χ4n) is 2.49. The minimum atomic E-state index is -0.438. The van der Waals surface area contributed by atoms with Crippen LogP contribution in [0.5, 0.6) is 0 Å². The summed E-state index contributed by atoms with van der Waals surface area (Å²) >= 11 is 1.30. The lowest BCUT2D eigenvalue weighted by Gasteiger charge is -2.03. The first-order chi connectivity index (χ1) is 13.2. The molecule has 3 aromatic rings. The highest BCUT2D eigenvalue weighted by atomic mass is 32.1. The Morgan fingerprint density at radius 2 is 1.70 bits per heavy atom. The molecule has 0 aliphatic heterocycles. The average molecular weight is 377 g/mol. The minimum Gasteiger partial charge on any atom is -0.462 e. The first-order valence-electron chi connectivity index (χ1n) is 8.58. The van der Waals surface area contributed by atoms with Crippen LogP contribution in [0.25, 0.3) is 16.5 Å². The Hall–Kier alpha value is -3.18. The molecule has 136 valence electrons. The quantitative estimate of drug-likeness (QED) is 0.472. The number of carbonyl (C=O) groups excluding carboxylic acids is 2. The van der Waals surface area contributed by atoms with Gasteiger partial charge in [0, 0.05) is 11.0 Å². The second kappa shape index (κ2) is 8.96. The van der Waals surface area contributed by atoms with Crippen molar-refractivity contribution in [1.29, 1.82) is 0 Å². The second-order valence-electron chi connectivity index (χ2n) is 5.67. The minimum absolute atomic E-state index is 0.276. The maximum absolute atomic E-state index is 12.3.